The molecule has 23 heteroatoms. The molecule has 0 radical (unpaired) electrons. The summed E-state index contributed by atoms with van der Waals surface area (Å²) in [6.45, 7) is 21.0. The van der Waals surface area contributed by atoms with Crippen LogP contribution in [0.15, 0.2) is 156 Å². The first-order chi connectivity index (χ1) is 53.6. The quantitative estimate of drug-likeness (QED) is 0.0813. The fourth-order valence-corrected chi connectivity index (χ4v) is 18.2. The Kier molecular flexibility index (Phi) is 21.3. The number of hydrogen-bond donors (Lipinski definition) is 4. The first-order valence-corrected chi connectivity index (χ1v) is 39.4. The van der Waals surface area contributed by atoms with Gasteiger partial charge in [0.2, 0.25) is 17.5 Å². The molecule has 5 atom stereocenters. The third kappa shape index (κ3) is 14.6. The van der Waals surface area contributed by atoms with Crippen molar-refractivity contribution in [1.82, 2.24) is 65.5 Å². The Morgan fingerprint density at radius 1 is 0.420 bits per heavy atom. The van der Waals surface area contributed by atoms with Crippen molar-refractivity contribution in [3.05, 3.63) is 256 Å². The summed E-state index contributed by atoms with van der Waals surface area (Å²) in [6.07, 6.45) is 8.05. The van der Waals surface area contributed by atoms with Gasteiger partial charge >= 0.3 is 7.12 Å². The monoisotopic (exact) mass is 1560 g/mol. The summed E-state index contributed by atoms with van der Waals surface area (Å²) < 4.78 is 13.3. The van der Waals surface area contributed by atoms with Crippen molar-refractivity contribution in [2.75, 3.05) is 0 Å². The van der Waals surface area contributed by atoms with Gasteiger partial charge in [0.15, 0.2) is 0 Å². The van der Waals surface area contributed by atoms with Crippen LogP contribution in [0.5, 0.6) is 0 Å². The molecular weight excluding hydrogens is 1470 g/mol. The highest BCUT2D eigenvalue weighted by Gasteiger charge is 2.53. The van der Waals surface area contributed by atoms with Crippen molar-refractivity contribution >= 4 is 40.3 Å². The van der Waals surface area contributed by atoms with Gasteiger partial charge in [0.1, 0.15) is 0 Å². The molecule has 0 unspecified atom stereocenters. The molecule has 3 aromatic heterocycles. The highest BCUT2D eigenvalue weighted by Crippen LogP contribution is 2.48. The lowest BCUT2D eigenvalue weighted by Crippen LogP contribution is -2.41. The summed E-state index contributed by atoms with van der Waals surface area (Å²) in [7, 11) is 4.97. The predicted octanol–water partition coefficient (Wildman–Crippen LogP) is 15.1. The number of nitrogens with two attached hydrogens (primary N) is 1. The number of aryl methyl sites for hydroxylation is 9. The van der Waals surface area contributed by atoms with E-state index in [1.807, 2.05) is 48.5 Å². The molecule has 2 aliphatic heterocycles. The van der Waals surface area contributed by atoms with Crippen molar-refractivity contribution in [1.29, 1.82) is 0 Å². The number of carbonyl (C=O) groups excluding carboxylic acids is 2. The normalized spacial score (nSPS) is 19.0. The van der Waals surface area contributed by atoms with Gasteiger partial charge in [0.25, 0.3) is 11.8 Å². The van der Waals surface area contributed by atoms with Crippen molar-refractivity contribution in [2.24, 2.45) is 26.9 Å². The van der Waals surface area contributed by atoms with Crippen molar-refractivity contribution in [3.63, 3.8) is 0 Å². The van der Waals surface area contributed by atoms with Crippen molar-refractivity contribution in [2.45, 2.75) is 175 Å². The third-order valence-electron chi connectivity index (χ3n) is 23.6. The molecule has 5 N–H and O–H groups in total. The number of aliphatic hydroxyl groups excluding tert-OH is 3. The number of nitrogens with zero attached hydrogens (tertiary/aromatic N) is 13. The van der Waals surface area contributed by atoms with Crippen LogP contribution in [0.25, 0.3) is 67.5 Å². The standard InChI is InChI=1S/C27H23N5O2.C19H21N5.C19H20N4O.C15H21BO3.C9H9BrO/c1-15-13-17(25-28-30-31(3)29-25)14-16(2)24(15)20-10-6-9-19-18(20)11-12-23(19)32-26(33)21-7-4-5-8-22(21)27(32)34;1-11-9-13(19-21-23-24(3)22-19)10-12(2)18(11)16-6-4-5-15-14(16)7-8-17(15)20;1-11-9-13(19-20-22-23(3)21-19)10-12(2)18(11)16-6-4-5-15-14(16)7-8-17(15)24;1-14(2)15(3,4)19-16(18-14)12-7-5-6-11-10(12)8-9-13(11)17;10-8-3-1-2-7-6(8)4-5-9(7)11/h4-10,13-14,23H,11-12H2,1-3H3;4-6,9-10,17H,7-8,20H2,1-3H3;4-6,9-10,17,24H,7-8H2,1-3H3;5-7,13,17H,8-9H2,1-4H3;1-3,9,11H,4-5H2/t23-;2*17-;13-;9-/m11000/s1. The minimum Gasteiger partial charge on any atom is -0.399 e. The van der Waals surface area contributed by atoms with E-state index in [4.69, 9.17) is 15.0 Å². The molecule has 0 spiro atoms. The molecule has 1 saturated heterocycles. The van der Waals surface area contributed by atoms with Crippen LogP contribution in [0, 0.1) is 41.5 Å². The van der Waals surface area contributed by atoms with Crippen LogP contribution in [-0.4, -0.2) is 111 Å². The van der Waals surface area contributed by atoms with E-state index >= 15 is 0 Å². The number of amides is 2. The Labute approximate surface area is 661 Å². The van der Waals surface area contributed by atoms with Crippen molar-refractivity contribution in [3.8, 4) is 67.5 Å². The van der Waals surface area contributed by atoms with E-state index in [1.54, 1.807) is 45.4 Å². The van der Waals surface area contributed by atoms with Crippen LogP contribution in [0.1, 0.15) is 200 Å². The van der Waals surface area contributed by atoms with Crippen LogP contribution >= 0.6 is 15.9 Å². The summed E-state index contributed by atoms with van der Waals surface area (Å²) in [5.74, 6) is 1.51. The average molecular weight is 1560 g/mol. The molecule has 5 aliphatic carbocycles. The first kappa shape index (κ1) is 77.0. The second kappa shape index (κ2) is 31.0. The number of fused-ring (bicyclic) bond motifs is 6. The lowest BCUT2D eigenvalue weighted by molar-refractivity contribution is 0.00578. The van der Waals surface area contributed by atoms with Crippen LogP contribution in [0.2, 0.25) is 0 Å². The lowest BCUT2D eigenvalue weighted by atomic mass is 9.75. The van der Waals surface area contributed by atoms with Gasteiger partial charge in [-0.3, -0.25) is 14.5 Å². The van der Waals surface area contributed by atoms with Crippen LogP contribution in [0.4, 0.5) is 0 Å². The molecule has 5 heterocycles. The molecule has 12 aromatic rings. The van der Waals surface area contributed by atoms with Gasteiger partial charge in [-0.15, -0.1) is 30.6 Å². The number of hydrogen-bond acceptors (Lipinski definition) is 17. The zero-order chi connectivity index (χ0) is 78.9. The van der Waals surface area contributed by atoms with Crippen LogP contribution < -0.4 is 11.2 Å². The maximum Gasteiger partial charge on any atom is 0.495 e. The van der Waals surface area contributed by atoms with Gasteiger partial charge in [-0.25, -0.2) is 0 Å². The number of imide groups is 1. The summed E-state index contributed by atoms with van der Waals surface area (Å²) in [5, 5.41) is 66.7. The Morgan fingerprint density at radius 3 is 1.17 bits per heavy atom. The second-order valence-corrected chi connectivity index (χ2v) is 32.4. The van der Waals surface area contributed by atoms with Gasteiger partial charge < -0.3 is 30.4 Å². The van der Waals surface area contributed by atoms with E-state index in [0.29, 0.717) is 28.6 Å². The maximum absolute atomic E-state index is 13.1. The molecule has 1 fully saturated rings. The molecule has 9 aromatic carbocycles. The first-order valence-electron chi connectivity index (χ1n) is 38.6. The summed E-state index contributed by atoms with van der Waals surface area (Å²) >= 11 is 3.46. The topological polar surface area (TPSA) is 273 Å². The third-order valence-corrected chi connectivity index (χ3v) is 24.3. The summed E-state index contributed by atoms with van der Waals surface area (Å²) in [4.78, 5) is 32.1. The molecule has 21 nitrogen and oxygen atoms in total. The zero-order valence-electron chi connectivity index (χ0n) is 65.7. The van der Waals surface area contributed by atoms with Crippen molar-refractivity contribution < 1.29 is 34.2 Å². The average Bonchev–Trinajstić information content (AvgIpc) is 1.61. The van der Waals surface area contributed by atoms with Gasteiger partial charge in [0.05, 0.1) is 67.8 Å². The Bertz CT molecular complexity index is 5400. The van der Waals surface area contributed by atoms with E-state index in [1.165, 1.54) is 103 Å². The molecule has 0 saturated carbocycles. The van der Waals surface area contributed by atoms with Gasteiger partial charge in [0, 0.05) is 27.2 Å². The molecule has 19 rings (SSSR count). The molecule has 572 valence electrons. The summed E-state index contributed by atoms with van der Waals surface area (Å²) in [6, 6.07) is 50.7. The Balaban J connectivity index is 0.000000115. The van der Waals surface area contributed by atoms with Gasteiger partial charge in [-0.1, -0.05) is 113 Å². The molecule has 7 aliphatic rings. The molecule has 2 amide bonds. The second-order valence-electron chi connectivity index (χ2n) is 31.6. The number of halogens is 1. The number of tetrazole rings is 3. The SMILES string of the molecule is CC1(C)OB(c2cccc3c2CC[C@@H]3O)OC1(C)C.Cc1cc(-c2nnn(C)n2)cc(C)c1-c1cccc2c1CC[C@@H]2O.Cc1cc(-c2nnn(C)n2)cc(C)c1-c1cccc2c1CC[C@H]2N.Cc1cc(-c2nnn(C)n2)cc(C)c1-c1cccc2c1CC[C@H]2N1C(=O)c2ccccc2C1=O.O[C@H]1CCc2c(Br)cccc21. The van der Waals surface area contributed by atoms with Crippen LogP contribution in [0.3, 0.4) is 0 Å². The van der Waals surface area contributed by atoms with Gasteiger partial charge in [-0.2, -0.15) is 14.4 Å². The number of rotatable bonds is 8. The zero-order valence-corrected chi connectivity index (χ0v) is 67.3. The van der Waals surface area contributed by atoms with E-state index < -0.39 is 0 Å². The minimum absolute atomic E-state index is 0.170. The largest absolute Gasteiger partial charge is 0.495 e. The Hall–Kier alpha value is -10.4. The summed E-state index contributed by atoms with van der Waals surface area (Å²) in [5.41, 5.74) is 37.0. The fraction of sp³-hybridized carbons (Fsp3) is 0.337. The number of aromatic nitrogens is 12. The molecular formula is C89H94BBrN14O7. The highest BCUT2D eigenvalue weighted by atomic mass is 79.9. The van der Waals surface area contributed by atoms with Gasteiger partial charge in [-0.05, 0) is 332 Å². The van der Waals surface area contributed by atoms with E-state index in [0.717, 1.165) is 130 Å². The van der Waals surface area contributed by atoms with E-state index in [2.05, 4.69) is 210 Å². The number of carbonyl (C=O) groups is 2. The number of benzene rings is 9. The molecule has 112 heavy (non-hydrogen) atoms. The predicted molar refractivity (Wildman–Crippen MR) is 437 cm³/mol. The van der Waals surface area contributed by atoms with E-state index in [-0.39, 0.29) is 60.5 Å². The molecule has 0 bridgehead atoms. The number of aliphatic hydroxyl groups is 3. The smallest absolute Gasteiger partial charge is 0.399 e. The van der Waals surface area contributed by atoms with E-state index in [9.17, 15) is 24.9 Å². The highest BCUT2D eigenvalue weighted by molar-refractivity contribution is 9.10. The fourth-order valence-electron chi connectivity index (χ4n) is 17.6. The van der Waals surface area contributed by atoms with Crippen LogP contribution in [-0.2, 0) is 62.6 Å². The minimum atomic E-state index is -0.336. The Morgan fingerprint density at radius 2 is 0.750 bits per heavy atom. The lowest BCUT2D eigenvalue weighted by Gasteiger charge is -2.32. The maximum atomic E-state index is 13.1.